The Labute approximate surface area is 109 Å². The lowest BCUT2D eigenvalue weighted by atomic mass is 10.3. The molecular formula is C10H8F3N5O2. The molecule has 1 aliphatic rings. The number of hydrogen-bond donors (Lipinski definition) is 0. The van der Waals surface area contributed by atoms with Crippen LogP contribution in [0, 0.1) is 0 Å². The highest BCUT2D eigenvalue weighted by Crippen LogP contribution is 2.38. The Morgan fingerprint density at radius 2 is 2.20 bits per heavy atom. The summed E-state index contributed by atoms with van der Waals surface area (Å²) < 4.78 is 42.7. The summed E-state index contributed by atoms with van der Waals surface area (Å²) in [5.41, 5.74) is -0.761. The van der Waals surface area contributed by atoms with Gasteiger partial charge in [0.1, 0.15) is 6.54 Å². The van der Waals surface area contributed by atoms with Crippen LogP contribution in [0.3, 0.4) is 0 Å². The molecule has 7 nitrogen and oxygen atoms in total. The number of Topliss-reactive ketones (excluding diaryl/α,β-unsaturated/α-hetero) is 1. The SMILES string of the molecule is O=C(c1cn(Cc2noc(C3CC3)n2)nn1)C(F)(F)F. The fraction of sp³-hybridized carbons (Fsp3) is 0.500. The van der Waals surface area contributed by atoms with Crippen molar-refractivity contribution in [1.82, 2.24) is 25.1 Å². The number of ketones is 1. The first-order valence-corrected chi connectivity index (χ1v) is 5.77. The lowest BCUT2D eigenvalue weighted by Crippen LogP contribution is -2.23. The summed E-state index contributed by atoms with van der Waals surface area (Å²) in [4.78, 5) is 15.0. The standard InChI is InChI=1S/C10H8F3N5O2/c11-10(12,13)8(19)6-3-18(17-15-6)4-7-14-9(20-16-7)5-1-2-5/h3,5H,1-2,4H2. The van der Waals surface area contributed by atoms with Gasteiger partial charge in [0, 0.05) is 5.92 Å². The van der Waals surface area contributed by atoms with Crippen molar-refractivity contribution in [2.24, 2.45) is 0 Å². The molecule has 2 heterocycles. The molecule has 0 radical (unpaired) electrons. The van der Waals surface area contributed by atoms with Gasteiger partial charge >= 0.3 is 6.18 Å². The third-order valence-corrected chi connectivity index (χ3v) is 2.74. The van der Waals surface area contributed by atoms with Crippen molar-refractivity contribution in [3.05, 3.63) is 23.6 Å². The lowest BCUT2D eigenvalue weighted by molar-refractivity contribution is -0.0888. The van der Waals surface area contributed by atoms with E-state index in [1.165, 1.54) is 0 Å². The van der Waals surface area contributed by atoms with Gasteiger partial charge in [-0.05, 0) is 12.8 Å². The van der Waals surface area contributed by atoms with Gasteiger partial charge in [0.15, 0.2) is 11.5 Å². The molecular weight excluding hydrogens is 279 g/mol. The summed E-state index contributed by atoms with van der Waals surface area (Å²) in [6, 6.07) is 0. The highest BCUT2D eigenvalue weighted by atomic mass is 19.4. The molecule has 1 fully saturated rings. The van der Waals surface area contributed by atoms with Crippen LogP contribution in [0.25, 0.3) is 0 Å². The lowest BCUT2D eigenvalue weighted by Gasteiger charge is -1.99. The number of nitrogens with zero attached hydrogens (tertiary/aromatic N) is 5. The number of rotatable bonds is 4. The van der Waals surface area contributed by atoms with Gasteiger partial charge in [-0.1, -0.05) is 10.4 Å². The highest BCUT2D eigenvalue weighted by molar-refractivity contribution is 5.98. The highest BCUT2D eigenvalue weighted by Gasteiger charge is 2.41. The zero-order valence-corrected chi connectivity index (χ0v) is 9.96. The number of hydrogen-bond acceptors (Lipinski definition) is 6. The smallest absolute Gasteiger partial charge is 0.339 e. The van der Waals surface area contributed by atoms with Gasteiger partial charge in [0.25, 0.3) is 5.78 Å². The van der Waals surface area contributed by atoms with Crippen LogP contribution in [0.5, 0.6) is 0 Å². The maximum Gasteiger partial charge on any atom is 0.456 e. The molecule has 106 valence electrons. The van der Waals surface area contributed by atoms with Gasteiger partial charge in [-0.15, -0.1) is 5.10 Å². The van der Waals surface area contributed by atoms with E-state index in [4.69, 9.17) is 4.52 Å². The molecule has 2 aromatic heterocycles. The number of aromatic nitrogens is 5. The molecule has 0 saturated heterocycles. The molecule has 0 bridgehead atoms. The molecule has 0 aromatic carbocycles. The van der Waals surface area contributed by atoms with Crippen molar-refractivity contribution in [2.75, 3.05) is 0 Å². The van der Waals surface area contributed by atoms with Crippen molar-refractivity contribution >= 4 is 5.78 Å². The molecule has 0 N–H and O–H groups in total. The Hall–Kier alpha value is -2.26. The molecule has 3 rings (SSSR count). The fourth-order valence-electron chi connectivity index (χ4n) is 1.60. The second-order valence-electron chi connectivity index (χ2n) is 4.45. The average Bonchev–Trinajstić information content (AvgIpc) is 2.95. The zero-order valence-electron chi connectivity index (χ0n) is 9.96. The molecule has 0 aliphatic heterocycles. The predicted octanol–water partition coefficient (Wildman–Crippen LogP) is 1.33. The van der Waals surface area contributed by atoms with E-state index in [0.717, 1.165) is 23.7 Å². The third kappa shape index (κ3) is 2.53. The Bertz CT molecular complexity index is 643. The molecule has 0 spiro atoms. The third-order valence-electron chi connectivity index (χ3n) is 2.74. The quantitative estimate of drug-likeness (QED) is 0.788. The summed E-state index contributed by atoms with van der Waals surface area (Å²) >= 11 is 0. The number of carbonyl (C=O) groups is 1. The van der Waals surface area contributed by atoms with E-state index in [-0.39, 0.29) is 18.3 Å². The molecule has 1 saturated carbocycles. The zero-order chi connectivity index (χ0) is 14.3. The number of alkyl halides is 3. The van der Waals surface area contributed by atoms with Crippen LogP contribution in [0.1, 0.15) is 41.0 Å². The van der Waals surface area contributed by atoms with Crippen molar-refractivity contribution in [3.63, 3.8) is 0 Å². The van der Waals surface area contributed by atoms with E-state index in [2.05, 4.69) is 20.5 Å². The molecule has 10 heteroatoms. The van der Waals surface area contributed by atoms with Crippen LogP contribution < -0.4 is 0 Å². The van der Waals surface area contributed by atoms with E-state index in [0.29, 0.717) is 5.89 Å². The van der Waals surface area contributed by atoms with Gasteiger partial charge in [0.2, 0.25) is 5.89 Å². The summed E-state index contributed by atoms with van der Waals surface area (Å²) in [7, 11) is 0. The van der Waals surface area contributed by atoms with Crippen LogP contribution in [-0.2, 0) is 6.54 Å². The van der Waals surface area contributed by atoms with E-state index in [1.807, 2.05) is 0 Å². The second kappa shape index (κ2) is 4.39. The summed E-state index contributed by atoms with van der Waals surface area (Å²) in [5.74, 6) is -0.945. The minimum absolute atomic E-state index is 0.00560. The topological polar surface area (TPSA) is 86.7 Å². The van der Waals surface area contributed by atoms with Crippen LogP contribution in [0.4, 0.5) is 13.2 Å². The molecule has 1 aliphatic carbocycles. The fourth-order valence-corrected chi connectivity index (χ4v) is 1.60. The summed E-state index contributed by atoms with van der Waals surface area (Å²) in [6.07, 6.45) is -2.07. The molecule has 20 heavy (non-hydrogen) atoms. The molecule has 0 amide bonds. The van der Waals surface area contributed by atoms with Crippen LogP contribution in [-0.4, -0.2) is 37.1 Å². The van der Waals surface area contributed by atoms with E-state index in [1.54, 1.807) is 0 Å². The molecule has 2 aromatic rings. The largest absolute Gasteiger partial charge is 0.456 e. The summed E-state index contributed by atoms with van der Waals surface area (Å²) in [5, 5.41) is 10.3. The number of halogens is 3. The average molecular weight is 287 g/mol. The minimum Gasteiger partial charge on any atom is -0.339 e. The van der Waals surface area contributed by atoms with Crippen LogP contribution in [0.15, 0.2) is 10.7 Å². The first-order valence-electron chi connectivity index (χ1n) is 5.77. The maximum atomic E-state index is 12.2. The van der Waals surface area contributed by atoms with Crippen LogP contribution >= 0.6 is 0 Å². The van der Waals surface area contributed by atoms with Gasteiger partial charge in [-0.25, -0.2) is 4.68 Å². The first kappa shape index (κ1) is 12.8. The van der Waals surface area contributed by atoms with Gasteiger partial charge in [-0.3, -0.25) is 4.79 Å². The van der Waals surface area contributed by atoms with Crippen LogP contribution in [0.2, 0.25) is 0 Å². The van der Waals surface area contributed by atoms with Gasteiger partial charge in [0.05, 0.1) is 6.20 Å². The normalized spacial score (nSPS) is 15.6. The minimum atomic E-state index is -4.97. The number of carbonyl (C=O) groups excluding carboxylic acids is 1. The van der Waals surface area contributed by atoms with Gasteiger partial charge in [-0.2, -0.15) is 18.2 Å². The molecule has 0 atom stereocenters. The van der Waals surface area contributed by atoms with E-state index in [9.17, 15) is 18.0 Å². The Morgan fingerprint density at radius 1 is 1.45 bits per heavy atom. The Balaban J connectivity index is 1.71. The van der Waals surface area contributed by atoms with Crippen molar-refractivity contribution in [2.45, 2.75) is 31.5 Å². The Kier molecular flexibility index (Phi) is 2.80. The van der Waals surface area contributed by atoms with Gasteiger partial charge < -0.3 is 4.52 Å². The van der Waals surface area contributed by atoms with Crippen molar-refractivity contribution in [3.8, 4) is 0 Å². The Morgan fingerprint density at radius 3 is 2.85 bits per heavy atom. The van der Waals surface area contributed by atoms with Crippen molar-refractivity contribution < 1.29 is 22.5 Å². The predicted molar refractivity (Wildman–Crippen MR) is 55.8 cm³/mol. The first-order chi connectivity index (χ1) is 9.43. The van der Waals surface area contributed by atoms with E-state index < -0.39 is 17.7 Å². The second-order valence-corrected chi connectivity index (χ2v) is 4.45. The van der Waals surface area contributed by atoms with Crippen molar-refractivity contribution in [1.29, 1.82) is 0 Å². The summed E-state index contributed by atoms with van der Waals surface area (Å²) in [6.45, 7) is -0.00560. The van der Waals surface area contributed by atoms with E-state index >= 15 is 0 Å². The molecule has 0 unspecified atom stereocenters. The monoisotopic (exact) mass is 287 g/mol. The maximum absolute atomic E-state index is 12.2.